The average molecular weight is 264 g/mol. The molecule has 20 heavy (non-hydrogen) atoms. The van der Waals surface area contributed by atoms with Crippen LogP contribution in [0, 0.1) is 0 Å². The van der Waals surface area contributed by atoms with Gasteiger partial charge < -0.3 is 10.5 Å². The fourth-order valence-electron chi connectivity index (χ4n) is 2.11. The molecule has 2 N–H and O–H groups in total. The number of anilines is 1. The highest BCUT2D eigenvalue weighted by molar-refractivity contribution is 5.79. The van der Waals surface area contributed by atoms with Crippen LogP contribution in [0.2, 0.25) is 0 Å². The van der Waals surface area contributed by atoms with Gasteiger partial charge in [-0.05, 0) is 35.9 Å². The lowest BCUT2D eigenvalue weighted by atomic mass is 10.1. The van der Waals surface area contributed by atoms with Crippen molar-refractivity contribution < 1.29 is 4.74 Å². The van der Waals surface area contributed by atoms with Gasteiger partial charge >= 0.3 is 0 Å². The number of nitrogens with zero attached hydrogens (tertiary/aromatic N) is 1. The minimum atomic E-state index is 0.641. The van der Waals surface area contributed by atoms with Crippen LogP contribution in [0.25, 0.3) is 10.9 Å². The predicted molar refractivity (Wildman–Crippen MR) is 81.8 cm³/mol. The molecule has 0 aliphatic rings. The molecule has 0 atom stereocenters. The SMILES string of the molecule is Nc1ccc(CCOc2ccc3cccnc3c2)cc1. The topological polar surface area (TPSA) is 48.1 Å². The molecule has 0 unspecified atom stereocenters. The average Bonchev–Trinajstić information content (AvgIpc) is 2.49. The Bertz CT molecular complexity index is 708. The van der Waals surface area contributed by atoms with Gasteiger partial charge in [0.1, 0.15) is 5.75 Å². The summed E-state index contributed by atoms with van der Waals surface area (Å²) in [5.41, 5.74) is 8.62. The number of hydrogen-bond acceptors (Lipinski definition) is 3. The van der Waals surface area contributed by atoms with Crippen molar-refractivity contribution in [3.8, 4) is 5.75 Å². The molecule has 3 nitrogen and oxygen atoms in total. The summed E-state index contributed by atoms with van der Waals surface area (Å²) in [6.45, 7) is 0.641. The number of nitrogens with two attached hydrogens (primary N) is 1. The number of fused-ring (bicyclic) bond motifs is 1. The van der Waals surface area contributed by atoms with E-state index >= 15 is 0 Å². The summed E-state index contributed by atoms with van der Waals surface area (Å²) in [5, 5.41) is 1.12. The molecule has 3 aromatic rings. The monoisotopic (exact) mass is 264 g/mol. The minimum absolute atomic E-state index is 0.641. The molecule has 2 aromatic carbocycles. The Morgan fingerprint density at radius 1 is 1.00 bits per heavy atom. The molecule has 1 heterocycles. The van der Waals surface area contributed by atoms with Crippen molar-refractivity contribution in [2.45, 2.75) is 6.42 Å². The van der Waals surface area contributed by atoms with Crippen LogP contribution in [0.1, 0.15) is 5.56 Å². The van der Waals surface area contributed by atoms with Crippen molar-refractivity contribution in [2.24, 2.45) is 0 Å². The third kappa shape index (κ3) is 2.88. The number of rotatable bonds is 4. The van der Waals surface area contributed by atoms with E-state index in [1.165, 1.54) is 5.56 Å². The molecule has 0 aliphatic heterocycles. The third-order valence-corrected chi connectivity index (χ3v) is 3.22. The van der Waals surface area contributed by atoms with E-state index in [1.54, 1.807) is 6.20 Å². The quantitative estimate of drug-likeness (QED) is 0.734. The zero-order valence-electron chi connectivity index (χ0n) is 11.1. The Morgan fingerprint density at radius 3 is 2.70 bits per heavy atom. The van der Waals surface area contributed by atoms with Crippen LogP contribution >= 0.6 is 0 Å². The van der Waals surface area contributed by atoms with Crippen molar-refractivity contribution >= 4 is 16.6 Å². The van der Waals surface area contributed by atoms with E-state index < -0.39 is 0 Å². The molecule has 0 aliphatic carbocycles. The number of aromatic nitrogens is 1. The van der Waals surface area contributed by atoms with Gasteiger partial charge in [-0.3, -0.25) is 4.98 Å². The van der Waals surface area contributed by atoms with Gasteiger partial charge in [-0.25, -0.2) is 0 Å². The maximum atomic E-state index is 5.78. The highest BCUT2D eigenvalue weighted by Crippen LogP contribution is 2.19. The van der Waals surface area contributed by atoms with E-state index in [-0.39, 0.29) is 0 Å². The van der Waals surface area contributed by atoms with E-state index in [1.807, 2.05) is 54.6 Å². The van der Waals surface area contributed by atoms with Gasteiger partial charge in [-0.1, -0.05) is 18.2 Å². The molecule has 0 spiro atoms. The Kier molecular flexibility index (Phi) is 3.50. The minimum Gasteiger partial charge on any atom is -0.493 e. The molecule has 3 rings (SSSR count). The summed E-state index contributed by atoms with van der Waals surface area (Å²) < 4.78 is 5.78. The number of hydrogen-bond donors (Lipinski definition) is 1. The summed E-state index contributed by atoms with van der Waals surface area (Å²) in [4.78, 5) is 4.32. The third-order valence-electron chi connectivity index (χ3n) is 3.22. The second-order valence-electron chi connectivity index (χ2n) is 4.70. The van der Waals surface area contributed by atoms with Crippen LogP contribution < -0.4 is 10.5 Å². The van der Waals surface area contributed by atoms with Gasteiger partial charge in [0.15, 0.2) is 0 Å². The van der Waals surface area contributed by atoms with Gasteiger partial charge in [-0.15, -0.1) is 0 Å². The smallest absolute Gasteiger partial charge is 0.121 e. The highest BCUT2D eigenvalue weighted by atomic mass is 16.5. The molecule has 0 amide bonds. The normalized spacial score (nSPS) is 10.6. The van der Waals surface area contributed by atoms with E-state index in [0.29, 0.717) is 6.61 Å². The lowest BCUT2D eigenvalue weighted by molar-refractivity contribution is 0.322. The molecule has 0 bridgehead atoms. The van der Waals surface area contributed by atoms with Crippen molar-refractivity contribution in [3.63, 3.8) is 0 Å². The molecule has 0 saturated carbocycles. The van der Waals surface area contributed by atoms with Crippen LogP contribution in [0.15, 0.2) is 60.8 Å². The van der Waals surface area contributed by atoms with Crippen LogP contribution in [0.5, 0.6) is 5.75 Å². The van der Waals surface area contributed by atoms with Gasteiger partial charge in [0, 0.05) is 29.8 Å². The summed E-state index contributed by atoms with van der Waals surface area (Å²) in [6.07, 6.45) is 2.65. The van der Waals surface area contributed by atoms with Crippen molar-refractivity contribution in [1.82, 2.24) is 4.98 Å². The first-order valence-electron chi connectivity index (χ1n) is 6.63. The molecule has 0 fully saturated rings. The number of ether oxygens (including phenoxy) is 1. The predicted octanol–water partition coefficient (Wildman–Crippen LogP) is 3.44. The van der Waals surface area contributed by atoms with Crippen molar-refractivity contribution in [1.29, 1.82) is 0 Å². The summed E-state index contributed by atoms with van der Waals surface area (Å²) in [7, 11) is 0. The Hall–Kier alpha value is -2.55. The Morgan fingerprint density at radius 2 is 1.85 bits per heavy atom. The molecular formula is C17H16N2O. The number of benzene rings is 2. The van der Waals surface area contributed by atoms with E-state index in [2.05, 4.69) is 4.98 Å². The first kappa shape index (κ1) is 12.5. The molecule has 3 heteroatoms. The second kappa shape index (κ2) is 5.61. The maximum absolute atomic E-state index is 5.78. The Balaban J connectivity index is 1.63. The first-order valence-corrected chi connectivity index (χ1v) is 6.63. The van der Waals surface area contributed by atoms with E-state index in [9.17, 15) is 0 Å². The number of nitrogen functional groups attached to an aromatic ring is 1. The standard InChI is InChI=1S/C17H16N2O/c18-15-6-3-13(4-7-15)9-11-20-16-8-5-14-2-1-10-19-17(14)12-16/h1-8,10,12H,9,11,18H2. The molecule has 0 radical (unpaired) electrons. The molecule has 1 aromatic heterocycles. The largest absolute Gasteiger partial charge is 0.493 e. The summed E-state index contributed by atoms with van der Waals surface area (Å²) in [5.74, 6) is 0.853. The summed E-state index contributed by atoms with van der Waals surface area (Å²) in [6, 6.07) is 17.8. The first-order chi connectivity index (χ1) is 9.81. The van der Waals surface area contributed by atoms with Crippen molar-refractivity contribution in [2.75, 3.05) is 12.3 Å². The van der Waals surface area contributed by atoms with Crippen LogP contribution in [-0.4, -0.2) is 11.6 Å². The van der Waals surface area contributed by atoms with Gasteiger partial charge in [-0.2, -0.15) is 0 Å². The van der Waals surface area contributed by atoms with E-state index in [4.69, 9.17) is 10.5 Å². The van der Waals surface area contributed by atoms with Gasteiger partial charge in [0.05, 0.1) is 12.1 Å². The molecule has 0 saturated heterocycles. The van der Waals surface area contributed by atoms with Crippen molar-refractivity contribution in [3.05, 3.63) is 66.4 Å². The zero-order valence-corrected chi connectivity index (χ0v) is 11.1. The lowest BCUT2D eigenvalue weighted by Crippen LogP contribution is -2.01. The summed E-state index contributed by atoms with van der Waals surface area (Å²) >= 11 is 0. The van der Waals surface area contributed by atoms with Crippen LogP contribution in [0.3, 0.4) is 0 Å². The van der Waals surface area contributed by atoms with Gasteiger partial charge in [0.2, 0.25) is 0 Å². The molecule has 100 valence electrons. The molecular weight excluding hydrogens is 248 g/mol. The van der Waals surface area contributed by atoms with E-state index in [0.717, 1.165) is 28.8 Å². The number of pyridine rings is 1. The van der Waals surface area contributed by atoms with Crippen LogP contribution in [0.4, 0.5) is 5.69 Å². The van der Waals surface area contributed by atoms with Gasteiger partial charge in [0.25, 0.3) is 0 Å². The maximum Gasteiger partial charge on any atom is 0.121 e. The fourth-order valence-corrected chi connectivity index (χ4v) is 2.11. The van der Waals surface area contributed by atoms with Crippen LogP contribution in [-0.2, 0) is 6.42 Å². The Labute approximate surface area is 118 Å². The second-order valence-corrected chi connectivity index (χ2v) is 4.70. The fraction of sp³-hybridized carbons (Fsp3) is 0.118. The zero-order chi connectivity index (χ0) is 13.8. The highest BCUT2D eigenvalue weighted by Gasteiger charge is 1.99. The lowest BCUT2D eigenvalue weighted by Gasteiger charge is -2.07.